The van der Waals surface area contributed by atoms with Crippen molar-refractivity contribution in [3.63, 3.8) is 0 Å². The largest absolute Gasteiger partial charge is 0.492 e. The number of halogens is 2. The Bertz CT molecular complexity index is 297. The van der Waals surface area contributed by atoms with Crippen LogP contribution in [0.2, 0.25) is 10.0 Å². The van der Waals surface area contributed by atoms with E-state index in [0.29, 0.717) is 22.4 Å². The van der Waals surface area contributed by atoms with Crippen LogP contribution < -0.4 is 4.74 Å². The van der Waals surface area contributed by atoms with Crippen LogP contribution in [0, 0.1) is 0 Å². The Morgan fingerprint density at radius 2 is 2.15 bits per heavy atom. The van der Waals surface area contributed by atoms with E-state index < -0.39 is 0 Å². The monoisotopic (exact) mass is 216 g/mol. The zero-order valence-electron chi connectivity index (χ0n) is 7.09. The lowest BCUT2D eigenvalue weighted by molar-refractivity contribution is 0.325. The van der Waals surface area contributed by atoms with Crippen LogP contribution in [0.4, 0.5) is 0 Å². The van der Waals surface area contributed by atoms with Gasteiger partial charge in [0.25, 0.3) is 0 Å². The molecule has 0 fully saturated rings. The first-order chi connectivity index (χ1) is 6.24. The minimum atomic E-state index is 0.538. The first-order valence-electron chi connectivity index (χ1n) is 3.93. The number of ether oxygens (including phenoxy) is 1. The second-order valence-corrected chi connectivity index (χ2v) is 3.34. The predicted octanol–water partition coefficient (Wildman–Crippen LogP) is 3.95. The van der Waals surface area contributed by atoms with Crippen molar-refractivity contribution in [2.75, 3.05) is 6.61 Å². The molecule has 0 N–H and O–H groups in total. The van der Waals surface area contributed by atoms with E-state index in [1.165, 1.54) is 0 Å². The number of rotatable bonds is 4. The quantitative estimate of drug-likeness (QED) is 0.548. The molecule has 0 atom stereocenters. The van der Waals surface area contributed by atoms with Gasteiger partial charge in [0.2, 0.25) is 0 Å². The average Bonchev–Trinajstić information content (AvgIpc) is 2.09. The average molecular weight is 217 g/mol. The molecular weight excluding hydrogens is 207 g/mol. The summed E-state index contributed by atoms with van der Waals surface area (Å²) in [5, 5.41) is 1.15. The Labute approximate surface area is 87.9 Å². The summed E-state index contributed by atoms with van der Waals surface area (Å²) in [6.07, 6.45) is 2.60. The molecule has 1 nitrogen and oxygen atoms in total. The standard InChI is InChI=1S/C10H10Cl2O/c1-2-3-6-13-10-5-4-8(11)7-9(10)12/h2,4-5,7H,1,3,6H2. The minimum Gasteiger partial charge on any atom is -0.492 e. The van der Waals surface area contributed by atoms with Crippen molar-refractivity contribution in [1.29, 1.82) is 0 Å². The Morgan fingerprint density at radius 3 is 2.77 bits per heavy atom. The van der Waals surface area contributed by atoms with Crippen LogP contribution in [0.25, 0.3) is 0 Å². The molecule has 1 aromatic rings. The Hall–Kier alpha value is -0.660. The zero-order chi connectivity index (χ0) is 9.68. The van der Waals surface area contributed by atoms with Gasteiger partial charge in [0.05, 0.1) is 11.6 Å². The van der Waals surface area contributed by atoms with Crippen molar-refractivity contribution in [3.05, 3.63) is 40.9 Å². The molecule has 0 amide bonds. The highest BCUT2D eigenvalue weighted by atomic mass is 35.5. The van der Waals surface area contributed by atoms with Crippen LogP contribution in [0.3, 0.4) is 0 Å². The van der Waals surface area contributed by atoms with Crippen molar-refractivity contribution >= 4 is 23.2 Å². The summed E-state index contributed by atoms with van der Waals surface area (Å²) >= 11 is 11.6. The van der Waals surface area contributed by atoms with Crippen LogP contribution in [-0.4, -0.2) is 6.61 Å². The molecule has 0 aliphatic rings. The Balaban J connectivity index is 2.61. The van der Waals surface area contributed by atoms with Crippen LogP contribution in [0.15, 0.2) is 30.9 Å². The molecule has 1 aromatic carbocycles. The number of hydrogen-bond acceptors (Lipinski definition) is 1. The minimum absolute atomic E-state index is 0.538. The van der Waals surface area contributed by atoms with Crippen molar-refractivity contribution in [2.45, 2.75) is 6.42 Å². The first-order valence-corrected chi connectivity index (χ1v) is 4.68. The molecule has 0 saturated carbocycles. The molecule has 1 rings (SSSR count). The van der Waals surface area contributed by atoms with E-state index in [1.807, 2.05) is 0 Å². The zero-order valence-corrected chi connectivity index (χ0v) is 8.61. The molecule has 3 heteroatoms. The van der Waals surface area contributed by atoms with Gasteiger partial charge >= 0.3 is 0 Å². The van der Waals surface area contributed by atoms with E-state index in [1.54, 1.807) is 24.3 Å². The number of benzene rings is 1. The topological polar surface area (TPSA) is 9.23 Å². The number of hydrogen-bond donors (Lipinski definition) is 0. The van der Waals surface area contributed by atoms with Gasteiger partial charge in [0, 0.05) is 5.02 Å². The van der Waals surface area contributed by atoms with Gasteiger partial charge in [0.15, 0.2) is 0 Å². The molecule has 0 aliphatic carbocycles. The van der Waals surface area contributed by atoms with Gasteiger partial charge in [-0.1, -0.05) is 29.3 Å². The molecule has 0 saturated heterocycles. The molecule has 13 heavy (non-hydrogen) atoms. The van der Waals surface area contributed by atoms with Crippen molar-refractivity contribution in [3.8, 4) is 5.75 Å². The van der Waals surface area contributed by atoms with Gasteiger partial charge < -0.3 is 4.74 Å². The summed E-state index contributed by atoms with van der Waals surface area (Å²) in [5.74, 6) is 0.660. The van der Waals surface area contributed by atoms with E-state index in [0.717, 1.165) is 6.42 Å². The van der Waals surface area contributed by atoms with Gasteiger partial charge in [0.1, 0.15) is 5.75 Å². The highest BCUT2D eigenvalue weighted by Crippen LogP contribution is 2.27. The molecule has 0 unspecified atom stereocenters. The Kier molecular flexibility index (Phi) is 4.13. The summed E-state index contributed by atoms with van der Waals surface area (Å²) in [4.78, 5) is 0. The van der Waals surface area contributed by atoms with E-state index in [4.69, 9.17) is 27.9 Å². The summed E-state index contributed by atoms with van der Waals surface area (Å²) in [5.41, 5.74) is 0. The van der Waals surface area contributed by atoms with Gasteiger partial charge in [-0.15, -0.1) is 6.58 Å². The molecule has 0 bridgehead atoms. The van der Waals surface area contributed by atoms with Crippen molar-refractivity contribution in [1.82, 2.24) is 0 Å². The smallest absolute Gasteiger partial charge is 0.137 e. The molecule has 0 radical (unpaired) electrons. The van der Waals surface area contributed by atoms with E-state index in [2.05, 4.69) is 6.58 Å². The fourth-order valence-electron chi connectivity index (χ4n) is 0.844. The Morgan fingerprint density at radius 1 is 1.38 bits per heavy atom. The van der Waals surface area contributed by atoms with Crippen molar-refractivity contribution < 1.29 is 4.74 Å². The SMILES string of the molecule is C=CCCOc1ccc(Cl)cc1Cl. The van der Waals surface area contributed by atoms with Gasteiger partial charge in [-0.25, -0.2) is 0 Å². The van der Waals surface area contributed by atoms with E-state index in [-0.39, 0.29) is 0 Å². The highest BCUT2D eigenvalue weighted by molar-refractivity contribution is 6.35. The normalized spacial score (nSPS) is 9.69. The molecule has 0 aliphatic heterocycles. The van der Waals surface area contributed by atoms with Crippen LogP contribution >= 0.6 is 23.2 Å². The molecular formula is C10H10Cl2O. The highest BCUT2D eigenvalue weighted by Gasteiger charge is 2.00. The van der Waals surface area contributed by atoms with Crippen LogP contribution in [0.5, 0.6) is 5.75 Å². The van der Waals surface area contributed by atoms with Gasteiger partial charge in [-0.2, -0.15) is 0 Å². The molecule has 0 spiro atoms. The van der Waals surface area contributed by atoms with Crippen LogP contribution in [-0.2, 0) is 0 Å². The third-order valence-corrected chi connectivity index (χ3v) is 2.00. The fourth-order valence-corrected chi connectivity index (χ4v) is 1.31. The van der Waals surface area contributed by atoms with Gasteiger partial charge in [-0.05, 0) is 24.6 Å². The maximum Gasteiger partial charge on any atom is 0.137 e. The predicted molar refractivity (Wildman–Crippen MR) is 56.8 cm³/mol. The lowest BCUT2D eigenvalue weighted by Gasteiger charge is -2.06. The second-order valence-electron chi connectivity index (χ2n) is 2.50. The van der Waals surface area contributed by atoms with E-state index >= 15 is 0 Å². The fraction of sp³-hybridized carbons (Fsp3) is 0.200. The third-order valence-electron chi connectivity index (χ3n) is 1.47. The summed E-state index contributed by atoms with van der Waals surface area (Å²) in [7, 11) is 0. The summed E-state index contributed by atoms with van der Waals surface area (Å²) in [6.45, 7) is 4.18. The molecule has 0 aromatic heterocycles. The maximum absolute atomic E-state index is 5.87. The van der Waals surface area contributed by atoms with Crippen molar-refractivity contribution in [2.24, 2.45) is 0 Å². The summed E-state index contributed by atoms with van der Waals surface area (Å²) in [6, 6.07) is 5.16. The van der Waals surface area contributed by atoms with Crippen LogP contribution in [0.1, 0.15) is 6.42 Å². The lowest BCUT2D eigenvalue weighted by atomic mass is 10.3. The van der Waals surface area contributed by atoms with E-state index in [9.17, 15) is 0 Å². The first kappa shape index (κ1) is 10.4. The maximum atomic E-state index is 5.87. The van der Waals surface area contributed by atoms with Gasteiger partial charge in [-0.3, -0.25) is 0 Å². The third kappa shape index (κ3) is 3.29. The molecule has 0 heterocycles. The second kappa shape index (κ2) is 5.15. The molecule has 70 valence electrons. The summed E-state index contributed by atoms with van der Waals surface area (Å²) < 4.78 is 5.37. The lowest BCUT2D eigenvalue weighted by Crippen LogP contribution is -1.95.